The predicted octanol–water partition coefficient (Wildman–Crippen LogP) is 4.57. The summed E-state index contributed by atoms with van der Waals surface area (Å²) in [5, 5.41) is 1.69. The molecule has 0 amide bonds. The molecule has 0 bridgehead atoms. The van der Waals surface area contributed by atoms with Crippen LogP contribution in [0.3, 0.4) is 0 Å². The van der Waals surface area contributed by atoms with Crippen LogP contribution in [0.5, 0.6) is 0 Å². The molecule has 1 heteroatoms. The van der Waals surface area contributed by atoms with Crippen molar-refractivity contribution in [3.63, 3.8) is 0 Å². The third-order valence-corrected chi connectivity index (χ3v) is 11.5. The van der Waals surface area contributed by atoms with Crippen molar-refractivity contribution in [1.82, 2.24) is 0 Å². The summed E-state index contributed by atoms with van der Waals surface area (Å²) in [4.78, 5) is 0. The van der Waals surface area contributed by atoms with Crippen molar-refractivity contribution in [2.45, 2.75) is 57.7 Å². The van der Waals surface area contributed by atoms with E-state index in [9.17, 15) is 0 Å². The lowest BCUT2D eigenvalue weighted by Crippen LogP contribution is -2.53. The fourth-order valence-corrected chi connectivity index (χ4v) is 9.49. The first kappa shape index (κ1) is 12.9. The molecular formula is C16H26Si. The molecule has 0 nitrogen and oxygen atoms in total. The van der Waals surface area contributed by atoms with Gasteiger partial charge in [0.05, 0.1) is 8.07 Å². The molecule has 1 saturated carbocycles. The lowest BCUT2D eigenvalue weighted by Gasteiger charge is -2.40. The van der Waals surface area contributed by atoms with E-state index >= 15 is 0 Å². The van der Waals surface area contributed by atoms with Crippen LogP contribution in [0.15, 0.2) is 30.3 Å². The summed E-state index contributed by atoms with van der Waals surface area (Å²) in [5.41, 5.74) is 1.70. The van der Waals surface area contributed by atoms with Gasteiger partial charge in [0.25, 0.3) is 0 Å². The van der Waals surface area contributed by atoms with Gasteiger partial charge in [0.1, 0.15) is 0 Å². The molecule has 0 saturated heterocycles. The van der Waals surface area contributed by atoms with Gasteiger partial charge in [-0.2, -0.15) is 0 Å². The normalized spacial score (nSPS) is 16.8. The highest BCUT2D eigenvalue weighted by molar-refractivity contribution is 6.94. The number of benzene rings is 1. The van der Waals surface area contributed by atoms with E-state index in [0.29, 0.717) is 0 Å². The van der Waals surface area contributed by atoms with E-state index in [2.05, 4.69) is 58.0 Å². The Morgan fingerprint density at radius 3 is 1.94 bits per heavy atom. The Bertz CT molecular complexity index is 341. The minimum Gasteiger partial charge on any atom is -0.0648 e. The van der Waals surface area contributed by atoms with Crippen LogP contribution in [0.25, 0.3) is 0 Å². The maximum absolute atomic E-state index is 2.46. The maximum atomic E-state index is 2.46. The van der Waals surface area contributed by atoms with E-state index < -0.39 is 8.07 Å². The minimum atomic E-state index is -1.33. The van der Waals surface area contributed by atoms with Gasteiger partial charge >= 0.3 is 0 Å². The highest BCUT2D eigenvalue weighted by atomic mass is 28.3. The van der Waals surface area contributed by atoms with E-state index in [4.69, 9.17) is 0 Å². The van der Waals surface area contributed by atoms with Crippen molar-refractivity contribution in [2.75, 3.05) is 0 Å². The average molecular weight is 246 g/mol. The summed E-state index contributed by atoms with van der Waals surface area (Å²) < 4.78 is 0. The van der Waals surface area contributed by atoms with Crippen molar-refractivity contribution in [3.05, 3.63) is 30.3 Å². The lowest BCUT2D eigenvalue weighted by atomic mass is 10.4. The van der Waals surface area contributed by atoms with Gasteiger partial charge in [-0.25, -0.2) is 0 Å². The van der Waals surface area contributed by atoms with Gasteiger partial charge in [-0.3, -0.25) is 0 Å². The van der Waals surface area contributed by atoms with E-state index in [0.717, 1.165) is 17.0 Å². The summed E-state index contributed by atoms with van der Waals surface area (Å²) in [6.07, 6.45) is 2.97. The Morgan fingerprint density at radius 1 is 1.00 bits per heavy atom. The van der Waals surface area contributed by atoms with Gasteiger partial charge in [-0.1, -0.05) is 76.1 Å². The third-order valence-electron chi connectivity index (χ3n) is 4.70. The first-order valence-electron chi connectivity index (χ1n) is 7.13. The van der Waals surface area contributed by atoms with Crippen LogP contribution >= 0.6 is 0 Å². The second-order valence-electron chi connectivity index (χ2n) is 6.36. The predicted molar refractivity (Wildman–Crippen MR) is 79.6 cm³/mol. The molecule has 0 atom stereocenters. The molecule has 17 heavy (non-hydrogen) atoms. The molecule has 0 N–H and O–H groups in total. The van der Waals surface area contributed by atoms with Crippen LogP contribution in [-0.2, 0) is 0 Å². The second kappa shape index (κ2) is 4.97. The Kier molecular flexibility index (Phi) is 3.77. The zero-order valence-corrected chi connectivity index (χ0v) is 12.7. The molecule has 1 aromatic carbocycles. The van der Waals surface area contributed by atoms with Crippen molar-refractivity contribution in [2.24, 2.45) is 5.92 Å². The van der Waals surface area contributed by atoms with E-state index in [1.54, 1.807) is 5.19 Å². The Balaban J connectivity index is 2.39. The van der Waals surface area contributed by atoms with Gasteiger partial charge < -0.3 is 0 Å². The average Bonchev–Trinajstić information content (AvgIpc) is 3.10. The molecule has 1 aliphatic carbocycles. The fraction of sp³-hybridized carbons (Fsp3) is 0.625. The summed E-state index contributed by atoms with van der Waals surface area (Å²) in [5.74, 6) is 1.05. The molecule has 0 heterocycles. The highest BCUT2D eigenvalue weighted by Crippen LogP contribution is 2.45. The van der Waals surface area contributed by atoms with Gasteiger partial charge in [0.2, 0.25) is 0 Å². The second-order valence-corrected chi connectivity index (χ2v) is 11.7. The van der Waals surface area contributed by atoms with Gasteiger partial charge in [-0.15, -0.1) is 0 Å². The zero-order valence-electron chi connectivity index (χ0n) is 11.7. The van der Waals surface area contributed by atoms with Gasteiger partial charge in [0.15, 0.2) is 0 Å². The molecule has 0 unspecified atom stereocenters. The molecular weight excluding hydrogens is 220 g/mol. The van der Waals surface area contributed by atoms with Crippen molar-refractivity contribution >= 4 is 13.3 Å². The molecule has 1 fully saturated rings. The highest BCUT2D eigenvalue weighted by Gasteiger charge is 2.44. The quantitative estimate of drug-likeness (QED) is 0.668. The van der Waals surface area contributed by atoms with Crippen LogP contribution in [0.2, 0.25) is 17.1 Å². The first-order chi connectivity index (χ1) is 8.07. The number of hydrogen-bond donors (Lipinski definition) is 0. The first-order valence-corrected chi connectivity index (χ1v) is 9.49. The Labute approximate surface area is 107 Å². The fourth-order valence-electron chi connectivity index (χ4n) is 3.47. The van der Waals surface area contributed by atoms with Gasteiger partial charge in [-0.05, 0) is 23.0 Å². The van der Waals surface area contributed by atoms with Gasteiger partial charge in [0, 0.05) is 0 Å². The molecule has 1 aliphatic rings. The molecule has 0 aromatic heterocycles. The number of hydrogen-bond acceptors (Lipinski definition) is 0. The molecule has 0 spiro atoms. The van der Waals surface area contributed by atoms with E-state index in [1.165, 1.54) is 18.9 Å². The van der Waals surface area contributed by atoms with Crippen molar-refractivity contribution in [3.8, 4) is 0 Å². The standard InChI is InChI=1S/C16H26Si/c1-13(2)17(14(3)4,12-15-10-11-15)16-8-6-5-7-9-16/h5-9,13-15H,10-12H2,1-4H3. The smallest absolute Gasteiger partial charge is 0.0648 e. The van der Waals surface area contributed by atoms with E-state index in [1.807, 2.05) is 0 Å². The number of rotatable bonds is 5. The Morgan fingerprint density at radius 2 is 1.53 bits per heavy atom. The maximum Gasteiger partial charge on any atom is 0.0920 e. The SMILES string of the molecule is CC(C)[Si](CC1CC1)(c1ccccc1)C(C)C. The Hall–Kier alpha value is -0.563. The topological polar surface area (TPSA) is 0 Å². The summed E-state index contributed by atoms with van der Waals surface area (Å²) in [6, 6.07) is 12.9. The van der Waals surface area contributed by atoms with Crippen LogP contribution in [0, 0.1) is 5.92 Å². The molecule has 0 aliphatic heterocycles. The monoisotopic (exact) mass is 246 g/mol. The van der Waals surface area contributed by atoms with Crippen LogP contribution in [-0.4, -0.2) is 8.07 Å². The summed E-state index contributed by atoms with van der Waals surface area (Å²) in [7, 11) is -1.33. The van der Waals surface area contributed by atoms with Crippen molar-refractivity contribution < 1.29 is 0 Å². The molecule has 94 valence electrons. The van der Waals surface area contributed by atoms with Crippen molar-refractivity contribution in [1.29, 1.82) is 0 Å². The summed E-state index contributed by atoms with van der Waals surface area (Å²) in [6.45, 7) is 9.84. The third kappa shape index (κ3) is 2.49. The molecule has 0 radical (unpaired) electrons. The van der Waals surface area contributed by atoms with Crippen LogP contribution in [0.1, 0.15) is 40.5 Å². The lowest BCUT2D eigenvalue weighted by molar-refractivity contribution is 0.838. The van der Waals surface area contributed by atoms with E-state index in [-0.39, 0.29) is 0 Å². The minimum absolute atomic E-state index is 0.852. The summed E-state index contributed by atoms with van der Waals surface area (Å²) >= 11 is 0. The molecule has 2 rings (SSSR count). The largest absolute Gasteiger partial charge is 0.0920 e. The zero-order chi connectivity index (χ0) is 12.5. The molecule has 1 aromatic rings. The van der Waals surface area contributed by atoms with Crippen LogP contribution in [0.4, 0.5) is 0 Å². The van der Waals surface area contributed by atoms with Crippen LogP contribution < -0.4 is 5.19 Å².